The first-order valence-electron chi connectivity index (χ1n) is 16.2. The van der Waals surface area contributed by atoms with Crippen molar-refractivity contribution in [2.75, 3.05) is 18.7 Å². The average molecular weight is 728 g/mol. The molecule has 2 fully saturated rings. The van der Waals surface area contributed by atoms with Crippen molar-refractivity contribution < 1.29 is 24.3 Å². The van der Waals surface area contributed by atoms with Gasteiger partial charge in [-0.15, -0.1) is 0 Å². The van der Waals surface area contributed by atoms with E-state index in [-0.39, 0.29) is 35.6 Å². The van der Waals surface area contributed by atoms with Gasteiger partial charge in [-0.05, 0) is 80.6 Å². The van der Waals surface area contributed by atoms with Crippen LogP contribution in [0.25, 0.3) is 0 Å². The lowest BCUT2D eigenvalue weighted by atomic mass is 9.91. The average Bonchev–Trinajstić information content (AvgIpc) is 4.02. The number of aliphatic hydroxyl groups excluding tert-OH is 1. The smallest absolute Gasteiger partial charge is 0.274 e. The molecule has 3 N–H and O–H groups in total. The third-order valence-electron chi connectivity index (χ3n) is 9.73. The number of aliphatic hydroxyl groups is 1. The monoisotopic (exact) mass is 726 g/mol. The highest BCUT2D eigenvalue weighted by atomic mass is 35.5. The maximum atomic E-state index is 14.4. The maximum absolute atomic E-state index is 14.4. The van der Waals surface area contributed by atoms with Crippen molar-refractivity contribution in [3.8, 4) is 6.07 Å². The molecule has 260 valence electrons. The van der Waals surface area contributed by atoms with Gasteiger partial charge in [-0.2, -0.15) is 5.26 Å². The lowest BCUT2D eigenvalue weighted by Crippen LogP contribution is -2.52. The first-order chi connectivity index (χ1) is 24.3. The van der Waals surface area contributed by atoms with E-state index in [1.54, 1.807) is 72.2 Å². The summed E-state index contributed by atoms with van der Waals surface area (Å²) in [6, 6.07) is 18.6. The van der Waals surface area contributed by atoms with Gasteiger partial charge in [-0.25, -0.2) is 14.9 Å². The fourth-order valence-corrected chi connectivity index (χ4v) is 7.04. The quantitative estimate of drug-likeness (QED) is 0.204. The number of nitriles is 1. The second kappa shape index (κ2) is 12.5. The molecule has 0 unspecified atom stereocenters. The van der Waals surface area contributed by atoms with E-state index in [0.29, 0.717) is 52.7 Å². The van der Waals surface area contributed by atoms with Crippen LogP contribution in [-0.2, 0) is 27.1 Å². The number of carbonyl (C=O) groups is 4. The SMILES string of the molecule is CN(CO)C(=O)c1cccc(C2(NC(=O)C3(NC(=O)c4cnc5n4[C@](C)(Cc4ccc(C#N)cc4)C(=O)N5c4cc(Cl)cc(Cl)c4)CC3)CC2)n1. The highest BCUT2D eigenvalue weighted by Gasteiger charge is 2.57. The Kier molecular flexibility index (Phi) is 8.37. The molecular weight excluding hydrogens is 695 g/mol. The molecule has 13 nitrogen and oxygen atoms in total. The van der Waals surface area contributed by atoms with Gasteiger partial charge in [0, 0.05) is 23.5 Å². The zero-order chi connectivity index (χ0) is 36.3. The summed E-state index contributed by atoms with van der Waals surface area (Å²) in [6.45, 7) is 1.24. The molecule has 1 aliphatic heterocycles. The Morgan fingerprint density at radius 1 is 1.02 bits per heavy atom. The second-order valence-corrected chi connectivity index (χ2v) is 14.3. The number of amides is 4. The van der Waals surface area contributed by atoms with E-state index in [1.165, 1.54) is 18.1 Å². The van der Waals surface area contributed by atoms with Crippen molar-refractivity contribution in [1.29, 1.82) is 5.26 Å². The Hall–Kier alpha value is -5.29. The predicted octanol–water partition coefficient (Wildman–Crippen LogP) is 4.18. The summed E-state index contributed by atoms with van der Waals surface area (Å²) < 4.78 is 1.57. The van der Waals surface area contributed by atoms with Crippen LogP contribution >= 0.6 is 23.2 Å². The van der Waals surface area contributed by atoms with Crippen molar-refractivity contribution in [1.82, 2.24) is 30.1 Å². The van der Waals surface area contributed by atoms with Gasteiger partial charge in [-0.3, -0.25) is 23.7 Å². The molecule has 0 radical (unpaired) electrons. The summed E-state index contributed by atoms with van der Waals surface area (Å²) in [5, 5.41) is 25.3. The zero-order valence-corrected chi connectivity index (χ0v) is 29.1. The number of pyridine rings is 1. The van der Waals surface area contributed by atoms with Crippen LogP contribution in [0.15, 0.2) is 66.9 Å². The lowest BCUT2D eigenvalue weighted by molar-refractivity contribution is -0.125. The Bertz CT molecular complexity index is 2130. The molecule has 2 aromatic carbocycles. The van der Waals surface area contributed by atoms with Gasteiger partial charge in [0.1, 0.15) is 29.2 Å². The van der Waals surface area contributed by atoms with E-state index in [1.807, 2.05) is 0 Å². The van der Waals surface area contributed by atoms with E-state index in [2.05, 4.69) is 26.7 Å². The number of fused-ring (bicyclic) bond motifs is 1. The number of anilines is 2. The van der Waals surface area contributed by atoms with Crippen molar-refractivity contribution in [3.63, 3.8) is 0 Å². The molecular formula is C36H32Cl2N8O5. The van der Waals surface area contributed by atoms with Crippen molar-refractivity contribution >= 4 is 58.5 Å². The van der Waals surface area contributed by atoms with Crippen molar-refractivity contribution in [2.24, 2.45) is 0 Å². The molecule has 0 spiro atoms. The van der Waals surface area contributed by atoms with Gasteiger partial charge in [0.2, 0.25) is 11.9 Å². The molecule has 0 saturated heterocycles. The highest BCUT2D eigenvalue weighted by molar-refractivity contribution is 6.35. The van der Waals surface area contributed by atoms with E-state index < -0.39 is 35.2 Å². The standard InChI is InChI=1S/C36H32Cl2N8O5/c1-34(17-21-6-8-22(18-39)9-7-21)32(51)45(25-15-23(37)14-24(38)16-25)33-40-19-27(46(33)34)29(48)42-36(12-13-36)31(50)43-35(10-11-35)28-5-3-4-26(41-28)30(49)44(2)20-47/h3-9,14-16,19,47H,10-13,17,20H2,1-2H3,(H,42,48)(H,43,50)/t34-/m1/s1. The molecule has 4 amide bonds. The molecule has 2 aliphatic carbocycles. The Labute approximate surface area is 302 Å². The summed E-state index contributed by atoms with van der Waals surface area (Å²) in [4.78, 5) is 66.5. The fourth-order valence-electron chi connectivity index (χ4n) is 6.53. The predicted molar refractivity (Wildman–Crippen MR) is 186 cm³/mol. The zero-order valence-electron chi connectivity index (χ0n) is 27.6. The second-order valence-electron chi connectivity index (χ2n) is 13.4. The molecule has 2 aromatic heterocycles. The van der Waals surface area contributed by atoms with Gasteiger partial charge in [-0.1, -0.05) is 41.4 Å². The number of nitrogens with one attached hydrogen (secondary N) is 2. The number of hydrogen-bond acceptors (Lipinski definition) is 8. The van der Waals surface area contributed by atoms with Gasteiger partial charge in [0.05, 0.1) is 34.7 Å². The topological polar surface area (TPSA) is 174 Å². The molecule has 4 aromatic rings. The van der Waals surface area contributed by atoms with Crippen LogP contribution in [0.2, 0.25) is 10.0 Å². The normalized spacial score (nSPS) is 19.1. The minimum absolute atomic E-state index is 0.0752. The van der Waals surface area contributed by atoms with Crippen LogP contribution in [0.3, 0.4) is 0 Å². The number of rotatable bonds is 10. The summed E-state index contributed by atoms with van der Waals surface area (Å²) >= 11 is 12.6. The maximum Gasteiger partial charge on any atom is 0.274 e. The fraction of sp³-hybridized carbons (Fsp3) is 0.306. The van der Waals surface area contributed by atoms with Gasteiger partial charge >= 0.3 is 0 Å². The number of hydrogen-bond donors (Lipinski definition) is 3. The van der Waals surface area contributed by atoms with E-state index in [4.69, 9.17) is 23.2 Å². The van der Waals surface area contributed by atoms with Crippen LogP contribution in [0.4, 0.5) is 11.6 Å². The Morgan fingerprint density at radius 2 is 1.71 bits per heavy atom. The Balaban J connectivity index is 1.18. The molecule has 7 rings (SSSR count). The molecule has 3 aliphatic rings. The first kappa shape index (κ1) is 34.2. The minimum Gasteiger partial charge on any atom is -0.376 e. The summed E-state index contributed by atoms with van der Waals surface area (Å²) in [6.07, 6.45) is 3.51. The van der Waals surface area contributed by atoms with E-state index in [0.717, 1.165) is 10.5 Å². The van der Waals surface area contributed by atoms with Crippen LogP contribution < -0.4 is 15.5 Å². The van der Waals surface area contributed by atoms with Gasteiger partial charge in [0.15, 0.2) is 0 Å². The van der Waals surface area contributed by atoms with Crippen LogP contribution in [0, 0.1) is 11.3 Å². The summed E-state index contributed by atoms with van der Waals surface area (Å²) in [5.41, 5.74) is -1.03. The number of nitrogens with zero attached hydrogens (tertiary/aromatic N) is 6. The molecule has 15 heteroatoms. The van der Waals surface area contributed by atoms with Crippen LogP contribution in [-0.4, -0.2) is 67.5 Å². The Morgan fingerprint density at radius 3 is 2.31 bits per heavy atom. The van der Waals surface area contributed by atoms with Crippen molar-refractivity contribution in [2.45, 2.75) is 55.6 Å². The molecule has 1 atom stereocenters. The minimum atomic E-state index is -1.35. The molecule has 2 saturated carbocycles. The van der Waals surface area contributed by atoms with Gasteiger partial charge < -0.3 is 20.6 Å². The highest BCUT2D eigenvalue weighted by Crippen LogP contribution is 2.47. The number of carbonyl (C=O) groups excluding carboxylic acids is 4. The van der Waals surface area contributed by atoms with Crippen LogP contribution in [0.1, 0.15) is 70.4 Å². The largest absolute Gasteiger partial charge is 0.376 e. The van der Waals surface area contributed by atoms with E-state index >= 15 is 0 Å². The molecule has 0 bridgehead atoms. The van der Waals surface area contributed by atoms with E-state index in [9.17, 15) is 29.5 Å². The number of halogens is 2. The number of benzene rings is 2. The number of aromatic nitrogens is 3. The molecule has 51 heavy (non-hydrogen) atoms. The summed E-state index contributed by atoms with van der Waals surface area (Å²) in [5.74, 6) is -1.63. The summed E-state index contributed by atoms with van der Waals surface area (Å²) in [7, 11) is 1.46. The molecule has 3 heterocycles. The van der Waals surface area contributed by atoms with Crippen LogP contribution in [0.5, 0.6) is 0 Å². The lowest BCUT2D eigenvalue weighted by Gasteiger charge is -2.27. The van der Waals surface area contributed by atoms with Crippen molar-refractivity contribution in [3.05, 3.63) is 105 Å². The van der Waals surface area contributed by atoms with Gasteiger partial charge in [0.25, 0.3) is 17.7 Å². The first-order valence-corrected chi connectivity index (χ1v) is 17.0. The third kappa shape index (κ3) is 5.99. The number of imidazole rings is 1. The third-order valence-corrected chi connectivity index (χ3v) is 10.2.